The van der Waals surface area contributed by atoms with Gasteiger partial charge in [-0.2, -0.15) is 0 Å². The van der Waals surface area contributed by atoms with E-state index in [-0.39, 0.29) is 16.3 Å². The molecule has 1 rings (SSSR count). The number of benzene rings is 1. The summed E-state index contributed by atoms with van der Waals surface area (Å²) in [5, 5.41) is 10.5. The van der Waals surface area contributed by atoms with Crippen molar-refractivity contribution in [2.75, 3.05) is 7.11 Å². The second kappa shape index (κ2) is 4.16. The Morgan fingerprint density at radius 1 is 1.57 bits per heavy atom. The highest BCUT2D eigenvalue weighted by molar-refractivity contribution is 7.79. The Bertz CT molecular complexity index is 392. The molecule has 0 spiro atoms. The molecule has 1 aromatic rings. The van der Waals surface area contributed by atoms with E-state index in [1.165, 1.54) is 19.2 Å². The van der Waals surface area contributed by atoms with Gasteiger partial charge in [0.15, 0.2) is 16.8 Å². The molecule has 0 aliphatic heterocycles. The number of nitrogens with zero attached hydrogens (tertiary/aromatic N) is 1. The second-order valence-corrected chi connectivity index (χ2v) is 3.31. The van der Waals surface area contributed by atoms with Gasteiger partial charge in [0.1, 0.15) is 0 Å². The van der Waals surface area contributed by atoms with E-state index in [0.717, 1.165) is 6.07 Å². The molecule has 7 heteroatoms. The zero-order chi connectivity index (χ0) is 10.7. The Kier molecular flexibility index (Phi) is 3.15. The van der Waals surface area contributed by atoms with Crippen LogP contribution in [0, 0.1) is 10.1 Å². The maximum absolute atomic E-state index is 10.6. The smallest absolute Gasteiger partial charge is 0.312 e. The number of rotatable bonds is 3. The third-order valence-electron chi connectivity index (χ3n) is 1.55. The molecule has 0 bridgehead atoms. The zero-order valence-corrected chi connectivity index (χ0v) is 7.98. The highest BCUT2D eigenvalue weighted by Crippen LogP contribution is 2.28. The number of ether oxygens (including phenoxy) is 1. The normalized spacial score (nSPS) is 12.1. The van der Waals surface area contributed by atoms with E-state index in [1.54, 1.807) is 0 Å². The van der Waals surface area contributed by atoms with Crippen molar-refractivity contribution in [2.45, 2.75) is 4.90 Å². The lowest BCUT2D eigenvalue weighted by molar-refractivity contribution is -0.386. The van der Waals surface area contributed by atoms with E-state index in [4.69, 9.17) is 9.29 Å². The summed E-state index contributed by atoms with van der Waals surface area (Å²) < 4.78 is 24.0. The molecule has 14 heavy (non-hydrogen) atoms. The van der Waals surface area contributed by atoms with Crippen LogP contribution in [-0.4, -0.2) is 20.8 Å². The highest BCUT2D eigenvalue weighted by atomic mass is 32.2. The molecular formula is C7H7NO5S. The van der Waals surface area contributed by atoms with Crippen molar-refractivity contribution >= 4 is 16.8 Å². The molecule has 1 N–H and O–H groups in total. The Labute approximate surface area is 81.9 Å². The monoisotopic (exact) mass is 217 g/mol. The summed E-state index contributed by atoms with van der Waals surface area (Å²) in [7, 11) is 1.29. The quantitative estimate of drug-likeness (QED) is 0.466. The van der Waals surface area contributed by atoms with E-state index in [2.05, 4.69) is 0 Å². The van der Waals surface area contributed by atoms with Gasteiger partial charge in [0, 0.05) is 6.07 Å². The van der Waals surface area contributed by atoms with Crippen molar-refractivity contribution in [2.24, 2.45) is 0 Å². The first-order valence-electron chi connectivity index (χ1n) is 3.49. The number of nitro benzene ring substituents is 1. The Morgan fingerprint density at radius 3 is 2.64 bits per heavy atom. The van der Waals surface area contributed by atoms with Gasteiger partial charge in [-0.1, -0.05) is 0 Å². The standard InChI is InChI=1S/C7H7NO5S/c1-13-7-3-2-5(14(11)12)4-6(7)8(9)10/h2-4H,1H3,(H,11,12). The van der Waals surface area contributed by atoms with Gasteiger partial charge in [0.25, 0.3) is 0 Å². The molecule has 76 valence electrons. The lowest BCUT2D eigenvalue weighted by Gasteiger charge is -2.01. The largest absolute Gasteiger partial charge is 0.490 e. The Hall–Kier alpha value is -1.47. The lowest BCUT2D eigenvalue weighted by atomic mass is 10.3. The fourth-order valence-corrected chi connectivity index (χ4v) is 1.32. The first-order chi connectivity index (χ1) is 6.56. The molecule has 6 nitrogen and oxygen atoms in total. The molecule has 0 radical (unpaired) electrons. The van der Waals surface area contributed by atoms with Crippen LogP contribution in [0.1, 0.15) is 0 Å². The van der Waals surface area contributed by atoms with Crippen molar-refractivity contribution in [3.05, 3.63) is 28.3 Å². The molecule has 0 heterocycles. The summed E-state index contributed by atoms with van der Waals surface area (Å²) in [5.74, 6) is 0.0594. The van der Waals surface area contributed by atoms with Gasteiger partial charge in [-0.25, -0.2) is 4.21 Å². The van der Waals surface area contributed by atoms with Crippen LogP contribution in [0.5, 0.6) is 5.75 Å². The molecule has 1 aromatic carbocycles. The average molecular weight is 217 g/mol. The predicted octanol–water partition coefficient (Wildman–Crippen LogP) is 1.18. The van der Waals surface area contributed by atoms with Gasteiger partial charge in [-0.05, 0) is 12.1 Å². The van der Waals surface area contributed by atoms with Gasteiger partial charge >= 0.3 is 5.69 Å². The third kappa shape index (κ3) is 2.06. The Morgan fingerprint density at radius 2 is 2.21 bits per heavy atom. The summed E-state index contributed by atoms with van der Waals surface area (Å²) >= 11 is -2.23. The van der Waals surface area contributed by atoms with Crippen molar-refractivity contribution in [3.63, 3.8) is 0 Å². The van der Waals surface area contributed by atoms with Crippen LogP contribution >= 0.6 is 0 Å². The lowest BCUT2D eigenvalue weighted by Crippen LogP contribution is -1.96. The number of methoxy groups -OCH3 is 1. The highest BCUT2D eigenvalue weighted by Gasteiger charge is 2.16. The SMILES string of the molecule is COc1ccc(S(=O)O)cc1[N+](=O)[O-]. The van der Waals surface area contributed by atoms with Gasteiger partial charge in [-0.3, -0.25) is 10.1 Å². The molecule has 1 atom stereocenters. The average Bonchev–Trinajstić information content (AvgIpc) is 2.16. The fraction of sp³-hybridized carbons (Fsp3) is 0.143. The minimum atomic E-state index is -2.23. The molecule has 0 amide bonds. The molecule has 0 saturated carbocycles. The van der Waals surface area contributed by atoms with Crippen LogP contribution in [0.3, 0.4) is 0 Å². The maximum Gasteiger partial charge on any atom is 0.312 e. The predicted molar refractivity (Wildman–Crippen MR) is 48.7 cm³/mol. The first kappa shape index (κ1) is 10.6. The van der Waals surface area contributed by atoms with Crippen molar-refractivity contribution in [1.29, 1.82) is 0 Å². The van der Waals surface area contributed by atoms with Gasteiger partial charge in [-0.15, -0.1) is 0 Å². The number of hydrogen-bond acceptors (Lipinski definition) is 4. The van der Waals surface area contributed by atoms with E-state index < -0.39 is 16.0 Å². The molecule has 0 aliphatic rings. The van der Waals surface area contributed by atoms with Crippen LogP contribution < -0.4 is 4.74 Å². The summed E-state index contributed by atoms with van der Waals surface area (Å²) in [5.41, 5.74) is -0.326. The second-order valence-electron chi connectivity index (χ2n) is 2.34. The van der Waals surface area contributed by atoms with Crippen molar-refractivity contribution in [3.8, 4) is 5.75 Å². The van der Waals surface area contributed by atoms with E-state index in [9.17, 15) is 14.3 Å². The molecule has 0 saturated heterocycles. The molecule has 0 aromatic heterocycles. The zero-order valence-electron chi connectivity index (χ0n) is 7.17. The van der Waals surface area contributed by atoms with Crippen LogP contribution in [-0.2, 0) is 11.1 Å². The van der Waals surface area contributed by atoms with Crippen LogP contribution in [0.25, 0.3) is 0 Å². The molecule has 0 aliphatic carbocycles. The number of hydrogen-bond donors (Lipinski definition) is 1. The topological polar surface area (TPSA) is 89.7 Å². The van der Waals surface area contributed by atoms with Crippen LogP contribution in [0.15, 0.2) is 23.1 Å². The fourth-order valence-electron chi connectivity index (χ4n) is 0.921. The van der Waals surface area contributed by atoms with Gasteiger partial charge < -0.3 is 9.29 Å². The molecule has 1 unspecified atom stereocenters. The minimum Gasteiger partial charge on any atom is -0.490 e. The summed E-state index contributed by atoms with van der Waals surface area (Å²) in [6.45, 7) is 0. The van der Waals surface area contributed by atoms with Gasteiger partial charge in [0.05, 0.1) is 16.9 Å². The third-order valence-corrected chi connectivity index (χ3v) is 2.21. The summed E-state index contributed by atoms with van der Waals surface area (Å²) in [6.07, 6.45) is 0. The van der Waals surface area contributed by atoms with Crippen LogP contribution in [0.4, 0.5) is 5.69 Å². The van der Waals surface area contributed by atoms with E-state index in [1.807, 2.05) is 0 Å². The first-order valence-corrected chi connectivity index (χ1v) is 4.60. The maximum atomic E-state index is 10.6. The number of nitro groups is 1. The van der Waals surface area contributed by atoms with E-state index >= 15 is 0 Å². The van der Waals surface area contributed by atoms with Crippen molar-refractivity contribution < 1.29 is 18.4 Å². The summed E-state index contributed by atoms with van der Waals surface area (Å²) in [4.78, 5) is 9.80. The molecular weight excluding hydrogens is 210 g/mol. The molecule has 0 fully saturated rings. The Balaban J connectivity index is 3.27. The summed E-state index contributed by atoms with van der Waals surface area (Å²) in [6, 6.07) is 3.58. The van der Waals surface area contributed by atoms with E-state index in [0.29, 0.717) is 0 Å². The minimum absolute atomic E-state index is 0.0301. The van der Waals surface area contributed by atoms with Crippen molar-refractivity contribution in [1.82, 2.24) is 0 Å². The van der Waals surface area contributed by atoms with Crippen LogP contribution in [0.2, 0.25) is 0 Å². The van der Waals surface area contributed by atoms with Gasteiger partial charge in [0.2, 0.25) is 0 Å².